The maximum atomic E-state index is 12.5. The molecule has 1 aliphatic heterocycles. The van der Waals surface area contributed by atoms with Gasteiger partial charge in [0.25, 0.3) is 5.91 Å². The Morgan fingerprint density at radius 3 is 2.52 bits per heavy atom. The van der Waals surface area contributed by atoms with E-state index >= 15 is 0 Å². The van der Waals surface area contributed by atoms with E-state index in [1.54, 1.807) is 0 Å². The average molecular weight is 324 g/mol. The van der Waals surface area contributed by atoms with Gasteiger partial charge in [0.05, 0.1) is 0 Å². The number of carbonyl (C=O) groups is 3. The van der Waals surface area contributed by atoms with Gasteiger partial charge in [-0.3, -0.25) is 14.5 Å². The Bertz CT molecular complexity index is 500. The molecule has 1 saturated carbocycles. The van der Waals surface area contributed by atoms with E-state index in [1.165, 1.54) is 0 Å². The lowest BCUT2D eigenvalue weighted by Crippen LogP contribution is -2.55. The van der Waals surface area contributed by atoms with Crippen molar-refractivity contribution in [3.63, 3.8) is 0 Å². The van der Waals surface area contributed by atoms with Crippen LogP contribution >= 0.6 is 0 Å². The van der Waals surface area contributed by atoms with Crippen LogP contribution in [0.3, 0.4) is 0 Å². The molecule has 7 heteroatoms. The van der Waals surface area contributed by atoms with E-state index in [2.05, 4.69) is 24.5 Å². The highest BCUT2D eigenvalue weighted by Crippen LogP contribution is 2.34. The zero-order valence-corrected chi connectivity index (χ0v) is 14.3. The Hall–Kier alpha value is -1.63. The third-order valence-corrected chi connectivity index (χ3v) is 4.76. The fourth-order valence-electron chi connectivity index (χ4n) is 3.74. The first-order valence-electron chi connectivity index (χ1n) is 8.36. The van der Waals surface area contributed by atoms with Crippen molar-refractivity contribution < 1.29 is 14.4 Å². The van der Waals surface area contributed by atoms with Crippen LogP contribution in [0.25, 0.3) is 0 Å². The summed E-state index contributed by atoms with van der Waals surface area (Å²) in [7, 11) is 0. The summed E-state index contributed by atoms with van der Waals surface area (Å²) in [4.78, 5) is 38.0. The third-order valence-electron chi connectivity index (χ3n) is 4.76. The van der Waals surface area contributed by atoms with Crippen LogP contribution in [0.2, 0.25) is 0 Å². The van der Waals surface area contributed by atoms with Crippen LogP contribution in [-0.4, -0.2) is 46.9 Å². The molecule has 0 bridgehead atoms. The van der Waals surface area contributed by atoms with Crippen LogP contribution in [0.4, 0.5) is 4.79 Å². The summed E-state index contributed by atoms with van der Waals surface area (Å²) in [6.45, 7) is 6.05. The Kier molecular flexibility index (Phi) is 4.98. The second kappa shape index (κ2) is 6.47. The molecule has 1 unspecified atom stereocenters. The highest BCUT2D eigenvalue weighted by Gasteiger charge is 2.52. The lowest BCUT2D eigenvalue weighted by Gasteiger charge is -2.31. The number of hydrogen-bond donors (Lipinski definition) is 3. The maximum Gasteiger partial charge on any atom is 0.325 e. The van der Waals surface area contributed by atoms with E-state index in [0.717, 1.165) is 24.2 Å². The van der Waals surface area contributed by atoms with Crippen LogP contribution < -0.4 is 16.4 Å². The lowest BCUT2D eigenvalue weighted by molar-refractivity contribution is -0.135. The van der Waals surface area contributed by atoms with E-state index in [4.69, 9.17) is 5.73 Å². The fraction of sp³-hybridized carbons (Fsp3) is 0.812. The average Bonchev–Trinajstić information content (AvgIpc) is 3.00. The number of nitrogens with zero attached hydrogens (tertiary/aromatic N) is 1. The summed E-state index contributed by atoms with van der Waals surface area (Å²) < 4.78 is 0. The predicted octanol–water partition coefficient (Wildman–Crippen LogP) is 0.731. The Balaban J connectivity index is 2.00. The number of carbonyl (C=O) groups excluding carboxylic acids is 3. The lowest BCUT2D eigenvalue weighted by atomic mass is 9.90. The maximum absolute atomic E-state index is 12.5. The number of urea groups is 1. The highest BCUT2D eigenvalue weighted by atomic mass is 16.2. The molecule has 2 fully saturated rings. The normalized spacial score (nSPS) is 22.6. The summed E-state index contributed by atoms with van der Waals surface area (Å²) >= 11 is 0. The molecule has 1 aliphatic carbocycles. The SMILES string of the molecule is CC(C)CC(C)(CN)NC(=O)CN1C(=O)NC2(CCCC2)C1=O. The number of imide groups is 1. The quantitative estimate of drug-likeness (QED) is 0.626. The van der Waals surface area contributed by atoms with E-state index in [-0.39, 0.29) is 18.4 Å². The van der Waals surface area contributed by atoms with E-state index in [9.17, 15) is 14.4 Å². The fourth-order valence-corrected chi connectivity index (χ4v) is 3.74. The Labute approximate surface area is 137 Å². The predicted molar refractivity (Wildman–Crippen MR) is 86.5 cm³/mol. The van der Waals surface area contributed by atoms with Gasteiger partial charge in [-0.15, -0.1) is 0 Å². The molecule has 23 heavy (non-hydrogen) atoms. The first kappa shape index (κ1) is 17.7. The number of rotatable bonds is 6. The van der Waals surface area contributed by atoms with Crippen LogP contribution in [-0.2, 0) is 9.59 Å². The molecular formula is C16H28N4O3. The number of hydrogen-bond acceptors (Lipinski definition) is 4. The molecule has 1 spiro atoms. The molecule has 130 valence electrons. The summed E-state index contributed by atoms with van der Waals surface area (Å²) in [5.41, 5.74) is 4.48. The molecule has 7 nitrogen and oxygen atoms in total. The monoisotopic (exact) mass is 324 g/mol. The smallest absolute Gasteiger partial charge is 0.325 e. The minimum absolute atomic E-state index is 0.250. The molecule has 4 amide bonds. The van der Waals surface area contributed by atoms with Crippen molar-refractivity contribution in [1.82, 2.24) is 15.5 Å². The molecule has 0 aromatic heterocycles. The van der Waals surface area contributed by atoms with Crippen molar-refractivity contribution in [1.29, 1.82) is 0 Å². The van der Waals surface area contributed by atoms with Gasteiger partial charge in [0.1, 0.15) is 12.1 Å². The molecule has 4 N–H and O–H groups in total. The van der Waals surface area contributed by atoms with Gasteiger partial charge in [-0.05, 0) is 32.1 Å². The van der Waals surface area contributed by atoms with Crippen molar-refractivity contribution in [2.24, 2.45) is 11.7 Å². The molecular weight excluding hydrogens is 296 g/mol. The van der Waals surface area contributed by atoms with Crippen molar-refractivity contribution >= 4 is 17.8 Å². The Morgan fingerprint density at radius 1 is 1.39 bits per heavy atom. The topological polar surface area (TPSA) is 105 Å². The van der Waals surface area contributed by atoms with Gasteiger partial charge in [-0.2, -0.15) is 0 Å². The third kappa shape index (κ3) is 3.65. The second-order valence-electron chi connectivity index (χ2n) is 7.52. The standard InChI is InChI=1S/C16H28N4O3/c1-11(2)8-15(3,10-17)18-12(21)9-20-13(22)16(19-14(20)23)6-4-5-7-16/h11H,4-10,17H2,1-3H3,(H,18,21)(H,19,23). The minimum Gasteiger partial charge on any atom is -0.348 e. The van der Waals surface area contributed by atoms with Crippen LogP contribution in [0.15, 0.2) is 0 Å². The molecule has 0 aromatic carbocycles. The van der Waals surface area contributed by atoms with Crippen molar-refractivity contribution in [3.8, 4) is 0 Å². The number of nitrogens with one attached hydrogen (secondary N) is 2. The first-order chi connectivity index (χ1) is 10.7. The summed E-state index contributed by atoms with van der Waals surface area (Å²) in [5, 5.41) is 5.66. The zero-order chi connectivity index (χ0) is 17.3. The summed E-state index contributed by atoms with van der Waals surface area (Å²) in [6, 6.07) is -0.467. The van der Waals surface area contributed by atoms with E-state index in [1.807, 2.05) is 6.92 Å². The largest absolute Gasteiger partial charge is 0.348 e. The van der Waals surface area contributed by atoms with Crippen LogP contribution in [0, 0.1) is 5.92 Å². The Morgan fingerprint density at radius 2 is 2.00 bits per heavy atom. The van der Waals surface area contributed by atoms with Crippen molar-refractivity contribution in [2.75, 3.05) is 13.1 Å². The molecule has 2 aliphatic rings. The van der Waals surface area contributed by atoms with Crippen LogP contribution in [0.1, 0.15) is 52.9 Å². The number of amides is 4. The van der Waals surface area contributed by atoms with Gasteiger partial charge in [0, 0.05) is 12.1 Å². The van der Waals surface area contributed by atoms with Crippen molar-refractivity contribution in [3.05, 3.63) is 0 Å². The van der Waals surface area contributed by atoms with Gasteiger partial charge >= 0.3 is 6.03 Å². The van der Waals surface area contributed by atoms with Gasteiger partial charge in [0.2, 0.25) is 5.91 Å². The van der Waals surface area contributed by atoms with E-state index < -0.39 is 17.1 Å². The highest BCUT2D eigenvalue weighted by molar-refractivity contribution is 6.09. The van der Waals surface area contributed by atoms with Gasteiger partial charge < -0.3 is 16.4 Å². The number of nitrogens with two attached hydrogens (primary N) is 1. The second-order valence-corrected chi connectivity index (χ2v) is 7.52. The molecule has 1 heterocycles. The van der Waals surface area contributed by atoms with E-state index in [0.29, 0.717) is 25.3 Å². The molecule has 0 radical (unpaired) electrons. The summed E-state index contributed by atoms with van der Waals surface area (Å²) in [5.74, 6) is -0.243. The van der Waals surface area contributed by atoms with Gasteiger partial charge in [-0.25, -0.2) is 4.79 Å². The van der Waals surface area contributed by atoms with Gasteiger partial charge in [-0.1, -0.05) is 26.7 Å². The molecule has 1 saturated heterocycles. The summed E-state index contributed by atoms with van der Waals surface area (Å²) in [6.07, 6.45) is 3.89. The molecule has 0 aromatic rings. The zero-order valence-electron chi connectivity index (χ0n) is 14.3. The van der Waals surface area contributed by atoms with Gasteiger partial charge in [0.15, 0.2) is 0 Å². The molecule has 1 atom stereocenters. The molecule has 2 rings (SSSR count). The first-order valence-corrected chi connectivity index (χ1v) is 8.36. The van der Waals surface area contributed by atoms with Crippen LogP contribution in [0.5, 0.6) is 0 Å². The minimum atomic E-state index is -0.771. The van der Waals surface area contributed by atoms with Crippen molar-refractivity contribution in [2.45, 2.75) is 64.0 Å².